The third-order valence-corrected chi connectivity index (χ3v) is 3.37. The van der Waals surface area contributed by atoms with Gasteiger partial charge in [0.15, 0.2) is 11.5 Å². The zero-order valence-corrected chi connectivity index (χ0v) is 14.9. The number of hydrogen-bond donors (Lipinski definition) is 1. The van der Waals surface area contributed by atoms with Gasteiger partial charge in [-0.25, -0.2) is 19.7 Å². The molecule has 3 aromatic heterocycles. The molecule has 0 bridgehead atoms. The lowest BCUT2D eigenvalue weighted by atomic mass is 10.2. The Morgan fingerprint density at radius 1 is 1.16 bits per heavy atom. The molecule has 3 rings (SSSR count). The summed E-state index contributed by atoms with van der Waals surface area (Å²) in [5.74, 6) is 1.00. The zero-order chi connectivity index (χ0) is 18.2. The topological polar surface area (TPSA) is 94.8 Å². The standard InChI is InChI=1S/C17H20N6O2/c1-10-6-7-12(18-8-10)23-15-13(11(2)22-23)14(19-9-20-15)21-16(24)25-17(3,4)5/h6-9H,1-5H3,(H,19,20,21,24). The lowest BCUT2D eigenvalue weighted by Crippen LogP contribution is -2.27. The Bertz CT molecular complexity index is 925. The molecule has 0 radical (unpaired) electrons. The molecule has 3 heterocycles. The van der Waals surface area contributed by atoms with E-state index in [1.54, 1.807) is 31.6 Å². The molecule has 0 spiro atoms. The highest BCUT2D eigenvalue weighted by Crippen LogP contribution is 2.25. The van der Waals surface area contributed by atoms with Crippen LogP contribution in [0.15, 0.2) is 24.7 Å². The summed E-state index contributed by atoms with van der Waals surface area (Å²) in [5, 5.41) is 7.81. The second-order valence-corrected chi connectivity index (χ2v) is 6.74. The van der Waals surface area contributed by atoms with E-state index >= 15 is 0 Å². The molecule has 0 saturated heterocycles. The van der Waals surface area contributed by atoms with Crippen molar-refractivity contribution in [2.24, 2.45) is 0 Å². The van der Waals surface area contributed by atoms with Gasteiger partial charge in [0.25, 0.3) is 0 Å². The normalized spacial score (nSPS) is 11.6. The molecular formula is C17H20N6O2. The third kappa shape index (κ3) is 3.57. The number of hydrogen-bond acceptors (Lipinski definition) is 6. The Kier molecular flexibility index (Phi) is 4.12. The number of aromatic nitrogens is 5. The molecule has 0 aliphatic carbocycles. The highest BCUT2D eigenvalue weighted by Gasteiger charge is 2.20. The molecule has 8 heteroatoms. The number of carbonyl (C=O) groups is 1. The van der Waals surface area contributed by atoms with Crippen molar-refractivity contribution in [3.63, 3.8) is 0 Å². The number of ether oxygens (including phenoxy) is 1. The van der Waals surface area contributed by atoms with E-state index in [4.69, 9.17) is 4.74 Å². The van der Waals surface area contributed by atoms with Crippen molar-refractivity contribution >= 4 is 22.9 Å². The van der Waals surface area contributed by atoms with Crippen LogP contribution in [0.4, 0.5) is 10.6 Å². The fraction of sp³-hybridized carbons (Fsp3) is 0.353. The highest BCUT2D eigenvalue weighted by atomic mass is 16.6. The number of anilines is 1. The number of fused-ring (bicyclic) bond motifs is 1. The summed E-state index contributed by atoms with van der Waals surface area (Å²) in [7, 11) is 0. The average molecular weight is 340 g/mol. The van der Waals surface area contributed by atoms with E-state index < -0.39 is 11.7 Å². The molecule has 0 aliphatic rings. The van der Waals surface area contributed by atoms with Crippen LogP contribution in [0.2, 0.25) is 0 Å². The van der Waals surface area contributed by atoms with Crippen molar-refractivity contribution in [1.29, 1.82) is 0 Å². The Hall–Kier alpha value is -3.03. The Morgan fingerprint density at radius 3 is 2.56 bits per heavy atom. The molecule has 130 valence electrons. The van der Waals surface area contributed by atoms with Crippen LogP contribution in [-0.4, -0.2) is 36.4 Å². The van der Waals surface area contributed by atoms with Gasteiger partial charge >= 0.3 is 6.09 Å². The van der Waals surface area contributed by atoms with Gasteiger partial charge in [0, 0.05) is 6.20 Å². The molecule has 0 atom stereocenters. The SMILES string of the molecule is Cc1ccc(-n2nc(C)c3c(NC(=O)OC(C)(C)C)ncnc32)nc1. The first-order valence-corrected chi connectivity index (χ1v) is 7.88. The maximum absolute atomic E-state index is 12.1. The summed E-state index contributed by atoms with van der Waals surface area (Å²) in [6.45, 7) is 9.20. The van der Waals surface area contributed by atoms with E-state index in [1.807, 2.05) is 26.0 Å². The Morgan fingerprint density at radius 2 is 1.92 bits per heavy atom. The number of amides is 1. The van der Waals surface area contributed by atoms with Crippen LogP contribution in [0, 0.1) is 13.8 Å². The molecule has 0 fully saturated rings. The van der Waals surface area contributed by atoms with Gasteiger partial charge in [-0.2, -0.15) is 9.78 Å². The molecule has 0 aromatic carbocycles. The summed E-state index contributed by atoms with van der Waals surface area (Å²) < 4.78 is 6.92. The second-order valence-electron chi connectivity index (χ2n) is 6.74. The largest absolute Gasteiger partial charge is 0.444 e. The van der Waals surface area contributed by atoms with Crippen molar-refractivity contribution in [1.82, 2.24) is 24.7 Å². The number of carbonyl (C=O) groups excluding carboxylic acids is 1. The van der Waals surface area contributed by atoms with Crippen LogP contribution in [0.25, 0.3) is 16.9 Å². The summed E-state index contributed by atoms with van der Waals surface area (Å²) in [6.07, 6.45) is 2.56. The molecule has 25 heavy (non-hydrogen) atoms. The monoisotopic (exact) mass is 340 g/mol. The van der Waals surface area contributed by atoms with Crippen molar-refractivity contribution in [3.05, 3.63) is 35.9 Å². The lowest BCUT2D eigenvalue weighted by Gasteiger charge is -2.19. The van der Waals surface area contributed by atoms with Gasteiger partial charge in [0.05, 0.1) is 11.1 Å². The number of rotatable bonds is 2. The van der Waals surface area contributed by atoms with Gasteiger partial charge in [-0.15, -0.1) is 0 Å². The van der Waals surface area contributed by atoms with Crippen LogP contribution < -0.4 is 5.32 Å². The predicted octanol–water partition coefficient (Wildman–Crippen LogP) is 3.17. The van der Waals surface area contributed by atoms with E-state index in [0.717, 1.165) is 5.56 Å². The van der Waals surface area contributed by atoms with E-state index in [1.165, 1.54) is 6.33 Å². The third-order valence-electron chi connectivity index (χ3n) is 3.37. The Labute approximate surface area is 145 Å². The van der Waals surface area contributed by atoms with E-state index in [9.17, 15) is 4.79 Å². The number of aryl methyl sites for hydroxylation is 2. The Balaban J connectivity index is 2.02. The molecule has 0 aliphatic heterocycles. The minimum absolute atomic E-state index is 0.357. The summed E-state index contributed by atoms with van der Waals surface area (Å²) in [5.41, 5.74) is 1.71. The number of nitrogens with zero attached hydrogens (tertiary/aromatic N) is 5. The summed E-state index contributed by atoms with van der Waals surface area (Å²) in [6, 6.07) is 3.82. The summed E-state index contributed by atoms with van der Waals surface area (Å²) >= 11 is 0. The minimum Gasteiger partial charge on any atom is -0.444 e. The van der Waals surface area contributed by atoms with Crippen LogP contribution >= 0.6 is 0 Å². The number of pyridine rings is 1. The van der Waals surface area contributed by atoms with Crippen LogP contribution in [0.1, 0.15) is 32.0 Å². The quantitative estimate of drug-likeness (QED) is 0.770. The summed E-state index contributed by atoms with van der Waals surface area (Å²) in [4.78, 5) is 24.9. The molecule has 0 saturated carbocycles. The van der Waals surface area contributed by atoms with E-state index in [2.05, 4.69) is 25.4 Å². The van der Waals surface area contributed by atoms with Crippen LogP contribution in [0.3, 0.4) is 0 Å². The van der Waals surface area contributed by atoms with Crippen LogP contribution in [0.5, 0.6) is 0 Å². The lowest BCUT2D eigenvalue weighted by molar-refractivity contribution is 0.0635. The second kappa shape index (κ2) is 6.12. The van der Waals surface area contributed by atoms with E-state index in [-0.39, 0.29) is 0 Å². The average Bonchev–Trinajstić information content (AvgIpc) is 2.84. The highest BCUT2D eigenvalue weighted by molar-refractivity contribution is 5.97. The van der Waals surface area contributed by atoms with Crippen molar-refractivity contribution < 1.29 is 9.53 Å². The predicted molar refractivity (Wildman–Crippen MR) is 93.8 cm³/mol. The van der Waals surface area contributed by atoms with Gasteiger partial charge < -0.3 is 4.74 Å². The molecule has 0 unspecified atom stereocenters. The first-order chi connectivity index (χ1) is 11.7. The zero-order valence-electron chi connectivity index (χ0n) is 14.9. The first-order valence-electron chi connectivity index (χ1n) is 7.88. The maximum Gasteiger partial charge on any atom is 0.413 e. The van der Waals surface area contributed by atoms with Gasteiger partial charge in [-0.1, -0.05) is 6.07 Å². The fourth-order valence-corrected chi connectivity index (χ4v) is 2.36. The van der Waals surface area contributed by atoms with Crippen molar-refractivity contribution in [2.75, 3.05) is 5.32 Å². The molecule has 1 N–H and O–H groups in total. The van der Waals surface area contributed by atoms with Gasteiger partial charge in [-0.3, -0.25) is 5.32 Å². The first kappa shape index (κ1) is 16.8. The molecule has 3 aromatic rings. The fourth-order valence-electron chi connectivity index (χ4n) is 2.36. The van der Waals surface area contributed by atoms with Gasteiger partial charge in [0.2, 0.25) is 0 Å². The van der Waals surface area contributed by atoms with E-state index in [0.29, 0.717) is 28.4 Å². The molecule has 8 nitrogen and oxygen atoms in total. The smallest absolute Gasteiger partial charge is 0.413 e. The van der Waals surface area contributed by atoms with Crippen LogP contribution in [-0.2, 0) is 4.74 Å². The van der Waals surface area contributed by atoms with Crippen molar-refractivity contribution in [2.45, 2.75) is 40.2 Å². The maximum atomic E-state index is 12.1. The van der Waals surface area contributed by atoms with Crippen molar-refractivity contribution in [3.8, 4) is 5.82 Å². The number of nitrogens with one attached hydrogen (secondary N) is 1. The minimum atomic E-state index is -0.596. The van der Waals surface area contributed by atoms with Gasteiger partial charge in [0.1, 0.15) is 17.7 Å². The molecular weight excluding hydrogens is 320 g/mol. The molecule has 1 amide bonds. The van der Waals surface area contributed by atoms with Gasteiger partial charge in [-0.05, 0) is 46.2 Å².